The van der Waals surface area contributed by atoms with Crippen molar-refractivity contribution < 1.29 is 20.1 Å². The minimum atomic E-state index is -1.89. The van der Waals surface area contributed by atoms with Crippen molar-refractivity contribution in [3.05, 3.63) is 168 Å². The molecule has 9 aromatic rings. The van der Waals surface area contributed by atoms with Gasteiger partial charge < -0.3 is 4.57 Å². The van der Waals surface area contributed by atoms with Crippen LogP contribution in [0.1, 0.15) is 88.3 Å². The van der Waals surface area contributed by atoms with Crippen molar-refractivity contribution in [2.75, 3.05) is 0 Å². The van der Waals surface area contributed by atoms with E-state index in [1.54, 1.807) is 9.96 Å². The van der Waals surface area contributed by atoms with E-state index in [0.29, 0.717) is 11.8 Å². The minimum Gasteiger partial charge on any atom is 0 e. The molecule has 0 atom stereocenters. The number of imidazole rings is 1. The van der Waals surface area contributed by atoms with Crippen LogP contribution >= 0.6 is 11.3 Å². The molecule has 0 N–H and O–H groups in total. The number of fused-ring (bicyclic) bond motifs is 4. The molecular weight excluding hydrogens is 1040 g/mol. The van der Waals surface area contributed by atoms with E-state index in [9.17, 15) is 0 Å². The zero-order valence-electron chi connectivity index (χ0n) is 38.3. The molecule has 6 aromatic carbocycles. The molecule has 3 heterocycles. The number of thiophene rings is 1. The maximum Gasteiger partial charge on any atom is 0 e. The van der Waals surface area contributed by atoms with Crippen LogP contribution in [0.2, 0.25) is 17.3 Å². The monoisotopic (exact) mass is 1100 g/mol. The normalized spacial score (nSPS) is 13.4. The van der Waals surface area contributed by atoms with Crippen LogP contribution in [0.15, 0.2) is 140 Å². The zero-order chi connectivity index (χ0) is 43.7. The Labute approximate surface area is 401 Å². The third kappa shape index (κ3) is 9.51. The van der Waals surface area contributed by atoms with Gasteiger partial charge in [0.25, 0.3) is 0 Å². The van der Waals surface area contributed by atoms with Gasteiger partial charge in [-0.15, -0.1) is 18.2 Å². The fourth-order valence-electron chi connectivity index (χ4n) is 9.64. The first-order valence-corrected chi connectivity index (χ1v) is 31.2. The molecule has 0 bridgehead atoms. The summed E-state index contributed by atoms with van der Waals surface area (Å²) in [5, 5.41) is 2.55. The molecule has 6 heteroatoms. The third-order valence-corrected chi connectivity index (χ3v) is 18.4. The Balaban J connectivity index is 0.000000199. The molecule has 1 saturated carbocycles. The van der Waals surface area contributed by atoms with Gasteiger partial charge in [-0.1, -0.05) is 99.3 Å². The Kier molecular flexibility index (Phi) is 14.2. The SMILES string of the molecule is CC(C)c1cc(-c2ccccc2)cc(C(C)C)c1-n1c(-c2[c-]ccc3c2sc2ccccc23)nc2ccccc21.[CH3][Ge]([CH3])([CH3])[c]1cnc(-c2[c-]cccc2)cc1CC1CCCCC1.[Ir]. The van der Waals surface area contributed by atoms with Gasteiger partial charge in [0.2, 0.25) is 0 Å². The number of hydrogen-bond donors (Lipinski definition) is 0. The van der Waals surface area contributed by atoms with E-state index in [0.717, 1.165) is 39.6 Å². The Morgan fingerprint density at radius 2 is 1.39 bits per heavy atom. The summed E-state index contributed by atoms with van der Waals surface area (Å²) in [4.78, 5) is 10.1. The number of rotatable bonds is 9. The maximum atomic E-state index is 5.30. The van der Waals surface area contributed by atoms with E-state index < -0.39 is 13.3 Å². The van der Waals surface area contributed by atoms with Crippen LogP contribution in [0.4, 0.5) is 0 Å². The standard InChI is InChI=1S/C37H31N2S.C21H28GeN.Ir/c1-23(2)30-21-26(25-13-6-5-7-14-25)22-31(24(3)4)35(30)39-33-19-10-9-18-32(33)38-37(39)29-17-12-16-28-27-15-8-11-20-34(27)40-36(28)29;1-22(2,3)20-16-23-21(18-12-8-5-9-13-18)15-19(20)14-17-10-6-4-7-11-17;/h5-16,18-24H,1-4H3;5,8-9,12,15-17H,4,6-7,10-11,14H2,1-3H3;/q2*-1;. The van der Waals surface area contributed by atoms with Gasteiger partial charge in [0.1, 0.15) is 0 Å². The van der Waals surface area contributed by atoms with Crippen LogP contribution in [0.25, 0.3) is 70.7 Å². The second-order valence-electron chi connectivity index (χ2n) is 19.1. The molecule has 1 aliphatic carbocycles. The van der Waals surface area contributed by atoms with Crippen molar-refractivity contribution in [1.29, 1.82) is 0 Å². The summed E-state index contributed by atoms with van der Waals surface area (Å²) in [5.74, 6) is 9.93. The molecule has 1 fully saturated rings. The molecule has 3 nitrogen and oxygen atoms in total. The van der Waals surface area contributed by atoms with Gasteiger partial charge in [0, 0.05) is 30.5 Å². The average molecular weight is 1100 g/mol. The van der Waals surface area contributed by atoms with E-state index in [-0.39, 0.29) is 20.1 Å². The van der Waals surface area contributed by atoms with Crippen molar-refractivity contribution in [2.45, 2.75) is 95.3 Å². The van der Waals surface area contributed by atoms with Crippen molar-refractivity contribution in [3.8, 4) is 39.5 Å². The quantitative estimate of drug-likeness (QED) is 0.107. The first kappa shape index (κ1) is 45.9. The summed E-state index contributed by atoms with van der Waals surface area (Å²) in [6.07, 6.45) is 10.5. The Bertz CT molecular complexity index is 2980. The van der Waals surface area contributed by atoms with Crippen LogP contribution in [0, 0.1) is 18.1 Å². The summed E-state index contributed by atoms with van der Waals surface area (Å²) >= 11 is -0.0536. The van der Waals surface area contributed by atoms with Crippen LogP contribution < -0.4 is 4.40 Å². The fourth-order valence-corrected chi connectivity index (χ4v) is 14.2. The van der Waals surface area contributed by atoms with Crippen molar-refractivity contribution in [1.82, 2.24) is 14.5 Å². The predicted molar refractivity (Wildman–Crippen MR) is 274 cm³/mol. The molecule has 327 valence electrons. The van der Waals surface area contributed by atoms with E-state index in [4.69, 9.17) is 9.97 Å². The molecule has 0 aliphatic heterocycles. The van der Waals surface area contributed by atoms with E-state index in [1.807, 2.05) is 23.5 Å². The molecule has 1 aliphatic rings. The maximum absolute atomic E-state index is 5.30. The molecule has 0 amide bonds. The first-order chi connectivity index (χ1) is 30.5. The van der Waals surface area contributed by atoms with Gasteiger partial charge in [-0.25, -0.2) is 0 Å². The Morgan fingerprint density at radius 1 is 0.703 bits per heavy atom. The van der Waals surface area contributed by atoms with Gasteiger partial charge in [-0.2, -0.15) is 11.3 Å². The summed E-state index contributed by atoms with van der Waals surface area (Å²) < 4.78 is 6.54. The molecular formula is C58H59GeIrN3S-2. The van der Waals surface area contributed by atoms with E-state index in [2.05, 4.69) is 189 Å². The van der Waals surface area contributed by atoms with Crippen molar-refractivity contribution in [2.24, 2.45) is 5.92 Å². The molecule has 3 aromatic heterocycles. The van der Waals surface area contributed by atoms with Gasteiger partial charge in [0.05, 0.1) is 16.9 Å². The van der Waals surface area contributed by atoms with Crippen LogP contribution in [0.3, 0.4) is 0 Å². The minimum absolute atomic E-state index is 0. The topological polar surface area (TPSA) is 30.7 Å². The smallest absolute Gasteiger partial charge is 0 e. The van der Waals surface area contributed by atoms with E-state index >= 15 is 0 Å². The fraction of sp³-hybridized carbons (Fsp3) is 0.276. The van der Waals surface area contributed by atoms with Gasteiger partial charge >= 0.3 is 144 Å². The molecule has 64 heavy (non-hydrogen) atoms. The largest absolute Gasteiger partial charge is 0 e. The number of nitrogens with zero attached hydrogens (tertiary/aromatic N) is 3. The number of pyridine rings is 1. The van der Waals surface area contributed by atoms with Crippen molar-refractivity contribution >= 4 is 60.2 Å². The number of para-hydroxylation sites is 2. The van der Waals surface area contributed by atoms with Crippen LogP contribution in [0.5, 0.6) is 0 Å². The molecule has 0 spiro atoms. The molecule has 1 radical (unpaired) electrons. The van der Waals surface area contributed by atoms with E-state index in [1.165, 1.54) is 86.6 Å². The van der Waals surface area contributed by atoms with Gasteiger partial charge in [0.15, 0.2) is 0 Å². The summed E-state index contributed by atoms with van der Waals surface area (Å²) in [6.45, 7) is 9.20. The zero-order valence-corrected chi connectivity index (χ0v) is 43.6. The Morgan fingerprint density at radius 3 is 2.09 bits per heavy atom. The first-order valence-electron chi connectivity index (χ1n) is 23.0. The average Bonchev–Trinajstić information content (AvgIpc) is 3.88. The molecule has 10 rings (SSSR count). The summed E-state index contributed by atoms with van der Waals surface area (Å²) in [6, 6.07) is 54.5. The predicted octanol–water partition coefficient (Wildman–Crippen LogP) is 16.0. The molecule has 0 unspecified atom stereocenters. The van der Waals surface area contributed by atoms with Gasteiger partial charge in [-0.05, 0) is 74.5 Å². The molecule has 0 saturated heterocycles. The summed E-state index contributed by atoms with van der Waals surface area (Å²) in [7, 11) is 0. The number of benzene rings is 6. The van der Waals surface area contributed by atoms with Crippen LogP contribution in [-0.2, 0) is 26.5 Å². The third-order valence-electron chi connectivity index (χ3n) is 12.9. The van der Waals surface area contributed by atoms with Crippen LogP contribution in [-0.4, -0.2) is 27.8 Å². The number of hydrogen-bond acceptors (Lipinski definition) is 3. The second-order valence-corrected chi connectivity index (χ2v) is 30.7. The Hall–Kier alpha value is -4.65. The van der Waals surface area contributed by atoms with Gasteiger partial charge in [-0.3, -0.25) is 4.98 Å². The number of aromatic nitrogens is 3. The van der Waals surface area contributed by atoms with Crippen molar-refractivity contribution in [3.63, 3.8) is 0 Å². The second kappa shape index (κ2) is 19.8. The summed E-state index contributed by atoms with van der Waals surface area (Å²) in [5.41, 5.74) is 13.4.